The van der Waals surface area contributed by atoms with Crippen LogP contribution in [0, 0.1) is 0 Å². The van der Waals surface area contributed by atoms with Gasteiger partial charge in [0.05, 0.1) is 30.4 Å². The number of aryl methyl sites for hydroxylation is 1. The molecule has 0 aromatic carbocycles. The number of methoxy groups -OCH3 is 1. The number of nitrogens with zero attached hydrogens (tertiary/aromatic N) is 2. The maximum Gasteiger partial charge on any atom is 0.278 e. The number of ether oxygens (including phenoxy) is 1. The fourth-order valence-electron chi connectivity index (χ4n) is 1.77. The van der Waals surface area contributed by atoms with Crippen molar-refractivity contribution < 1.29 is 9.53 Å². The van der Waals surface area contributed by atoms with Crippen molar-refractivity contribution in [2.75, 3.05) is 18.2 Å². The predicted octanol–water partition coefficient (Wildman–Crippen LogP) is 1.60. The normalized spacial score (nSPS) is 10.3. The van der Waals surface area contributed by atoms with Gasteiger partial charge in [-0.25, -0.2) is 4.98 Å². The first-order valence-electron chi connectivity index (χ1n) is 6.29. The number of amides is 1. The standard InChI is InChI=1S/C13H17N5O2/c1-3-4-9-11(14)12(18-17-9)13(19)16-8-5-6-10(20-2)15-7-8/h5-7H,3-4,14H2,1-2H3,(H,16,19)(H,17,18). The molecule has 0 atom stereocenters. The number of nitrogens with one attached hydrogen (secondary N) is 2. The number of H-pyrrole nitrogens is 1. The molecule has 106 valence electrons. The lowest BCUT2D eigenvalue weighted by molar-refractivity contribution is 0.102. The average Bonchev–Trinajstić information content (AvgIpc) is 2.82. The van der Waals surface area contributed by atoms with Crippen LogP contribution in [0.5, 0.6) is 5.88 Å². The fraction of sp³-hybridized carbons (Fsp3) is 0.308. The Balaban J connectivity index is 2.11. The highest BCUT2D eigenvalue weighted by Crippen LogP contribution is 2.18. The van der Waals surface area contributed by atoms with Crippen molar-refractivity contribution in [1.29, 1.82) is 0 Å². The zero-order valence-electron chi connectivity index (χ0n) is 11.4. The number of nitrogen functional groups attached to an aromatic ring is 1. The monoisotopic (exact) mass is 275 g/mol. The molecule has 4 N–H and O–H groups in total. The highest BCUT2D eigenvalue weighted by atomic mass is 16.5. The molecule has 0 unspecified atom stereocenters. The first-order valence-corrected chi connectivity index (χ1v) is 6.29. The molecule has 1 amide bonds. The van der Waals surface area contributed by atoms with E-state index in [1.807, 2.05) is 6.92 Å². The Labute approximate surface area is 116 Å². The summed E-state index contributed by atoms with van der Waals surface area (Å²) in [7, 11) is 1.53. The van der Waals surface area contributed by atoms with Crippen molar-refractivity contribution in [3.8, 4) is 5.88 Å². The summed E-state index contributed by atoms with van der Waals surface area (Å²) in [5.41, 5.74) is 7.83. The van der Waals surface area contributed by atoms with Gasteiger partial charge in [-0.15, -0.1) is 0 Å². The third-order valence-corrected chi connectivity index (χ3v) is 2.80. The van der Waals surface area contributed by atoms with E-state index >= 15 is 0 Å². The van der Waals surface area contributed by atoms with Crippen molar-refractivity contribution in [3.05, 3.63) is 29.7 Å². The van der Waals surface area contributed by atoms with Crippen LogP contribution in [-0.4, -0.2) is 28.2 Å². The molecule has 20 heavy (non-hydrogen) atoms. The third kappa shape index (κ3) is 2.87. The molecule has 2 aromatic heterocycles. The summed E-state index contributed by atoms with van der Waals surface area (Å²) in [5, 5.41) is 9.43. The number of aromatic nitrogens is 3. The lowest BCUT2D eigenvalue weighted by Crippen LogP contribution is -2.14. The Kier molecular flexibility index (Phi) is 4.19. The Morgan fingerprint density at radius 3 is 2.90 bits per heavy atom. The number of aromatic amines is 1. The molecule has 0 saturated carbocycles. The SMILES string of the molecule is CCCc1[nH]nc(C(=O)Nc2ccc(OC)nc2)c1N. The number of hydrogen-bond acceptors (Lipinski definition) is 5. The molecule has 2 heterocycles. The van der Waals surface area contributed by atoms with Gasteiger partial charge < -0.3 is 15.8 Å². The summed E-state index contributed by atoms with van der Waals surface area (Å²) >= 11 is 0. The predicted molar refractivity (Wildman–Crippen MR) is 75.7 cm³/mol. The molecular weight excluding hydrogens is 258 g/mol. The average molecular weight is 275 g/mol. The smallest absolute Gasteiger partial charge is 0.278 e. The quantitative estimate of drug-likeness (QED) is 0.768. The van der Waals surface area contributed by atoms with Crippen LogP contribution in [0.25, 0.3) is 0 Å². The van der Waals surface area contributed by atoms with Crippen molar-refractivity contribution in [2.24, 2.45) is 0 Å². The summed E-state index contributed by atoms with van der Waals surface area (Å²) in [6, 6.07) is 3.35. The van der Waals surface area contributed by atoms with Gasteiger partial charge >= 0.3 is 0 Å². The topological polar surface area (TPSA) is 106 Å². The molecule has 0 bridgehead atoms. The Morgan fingerprint density at radius 2 is 2.30 bits per heavy atom. The van der Waals surface area contributed by atoms with E-state index in [0.717, 1.165) is 18.5 Å². The van der Waals surface area contributed by atoms with Gasteiger partial charge in [0.15, 0.2) is 5.69 Å². The van der Waals surface area contributed by atoms with Crippen LogP contribution in [0.2, 0.25) is 0 Å². The highest BCUT2D eigenvalue weighted by molar-refractivity contribution is 6.06. The van der Waals surface area contributed by atoms with E-state index in [2.05, 4.69) is 20.5 Å². The first-order chi connectivity index (χ1) is 9.65. The number of carbonyl (C=O) groups is 1. The lowest BCUT2D eigenvalue weighted by Gasteiger charge is -2.04. The lowest BCUT2D eigenvalue weighted by atomic mass is 10.2. The number of hydrogen-bond donors (Lipinski definition) is 3. The second-order valence-electron chi connectivity index (χ2n) is 4.26. The third-order valence-electron chi connectivity index (χ3n) is 2.80. The van der Waals surface area contributed by atoms with Crippen LogP contribution < -0.4 is 15.8 Å². The van der Waals surface area contributed by atoms with Crippen molar-refractivity contribution >= 4 is 17.3 Å². The largest absolute Gasteiger partial charge is 0.481 e. The fourth-order valence-corrected chi connectivity index (χ4v) is 1.77. The summed E-state index contributed by atoms with van der Waals surface area (Å²) in [6.45, 7) is 2.03. The van der Waals surface area contributed by atoms with E-state index < -0.39 is 0 Å². The van der Waals surface area contributed by atoms with Crippen LogP contribution in [0.4, 0.5) is 11.4 Å². The van der Waals surface area contributed by atoms with Gasteiger partial charge in [0.2, 0.25) is 5.88 Å². The Bertz CT molecular complexity index is 591. The van der Waals surface area contributed by atoms with Crippen LogP contribution in [0.1, 0.15) is 29.5 Å². The molecule has 0 radical (unpaired) electrons. The zero-order chi connectivity index (χ0) is 14.5. The number of anilines is 2. The van der Waals surface area contributed by atoms with Crippen LogP contribution in [0.15, 0.2) is 18.3 Å². The second kappa shape index (κ2) is 6.05. The molecule has 0 aliphatic carbocycles. The molecule has 0 aliphatic heterocycles. The summed E-state index contributed by atoms with van der Waals surface area (Å²) in [5.74, 6) is 0.112. The van der Waals surface area contributed by atoms with Gasteiger partial charge in [0.25, 0.3) is 5.91 Å². The van der Waals surface area contributed by atoms with Crippen molar-refractivity contribution in [1.82, 2.24) is 15.2 Å². The number of carbonyl (C=O) groups excluding carboxylic acids is 1. The van der Waals surface area contributed by atoms with E-state index in [9.17, 15) is 4.79 Å². The van der Waals surface area contributed by atoms with E-state index in [0.29, 0.717) is 17.3 Å². The molecule has 7 nitrogen and oxygen atoms in total. The Morgan fingerprint density at radius 1 is 1.50 bits per heavy atom. The summed E-state index contributed by atoms with van der Waals surface area (Å²) < 4.78 is 4.95. The van der Waals surface area contributed by atoms with Gasteiger partial charge in [-0.2, -0.15) is 5.10 Å². The molecule has 0 saturated heterocycles. The number of nitrogens with two attached hydrogens (primary N) is 1. The maximum absolute atomic E-state index is 12.1. The highest BCUT2D eigenvalue weighted by Gasteiger charge is 2.17. The van der Waals surface area contributed by atoms with E-state index in [1.54, 1.807) is 12.1 Å². The molecule has 0 aliphatic rings. The van der Waals surface area contributed by atoms with E-state index in [1.165, 1.54) is 13.3 Å². The molecular formula is C13H17N5O2. The molecule has 2 rings (SSSR count). The molecule has 7 heteroatoms. The van der Waals surface area contributed by atoms with Gasteiger partial charge in [0, 0.05) is 6.07 Å². The molecule has 2 aromatic rings. The minimum absolute atomic E-state index is 0.198. The van der Waals surface area contributed by atoms with Crippen LogP contribution in [0.3, 0.4) is 0 Å². The first kappa shape index (κ1) is 13.9. The van der Waals surface area contributed by atoms with Gasteiger partial charge in [-0.1, -0.05) is 13.3 Å². The zero-order valence-corrected chi connectivity index (χ0v) is 11.4. The molecule has 0 spiro atoms. The van der Waals surface area contributed by atoms with Crippen LogP contribution >= 0.6 is 0 Å². The van der Waals surface area contributed by atoms with Crippen molar-refractivity contribution in [3.63, 3.8) is 0 Å². The summed E-state index contributed by atoms with van der Waals surface area (Å²) in [4.78, 5) is 16.1. The van der Waals surface area contributed by atoms with E-state index in [4.69, 9.17) is 10.5 Å². The second-order valence-corrected chi connectivity index (χ2v) is 4.26. The van der Waals surface area contributed by atoms with Crippen molar-refractivity contribution in [2.45, 2.75) is 19.8 Å². The summed E-state index contributed by atoms with van der Waals surface area (Å²) in [6.07, 6.45) is 3.19. The minimum Gasteiger partial charge on any atom is -0.481 e. The van der Waals surface area contributed by atoms with Gasteiger partial charge in [-0.3, -0.25) is 9.89 Å². The van der Waals surface area contributed by atoms with Gasteiger partial charge in [-0.05, 0) is 12.5 Å². The van der Waals surface area contributed by atoms with Gasteiger partial charge in [0.1, 0.15) is 0 Å². The van der Waals surface area contributed by atoms with Crippen LogP contribution in [-0.2, 0) is 6.42 Å². The van der Waals surface area contributed by atoms with E-state index in [-0.39, 0.29) is 11.6 Å². The number of rotatable bonds is 5. The Hall–Kier alpha value is -2.57. The number of pyridine rings is 1. The minimum atomic E-state index is -0.368. The maximum atomic E-state index is 12.1. The molecule has 0 fully saturated rings.